The maximum absolute atomic E-state index is 11.7. The van der Waals surface area contributed by atoms with Crippen LogP contribution in [0.4, 0.5) is 4.79 Å². The maximum Gasteiger partial charge on any atom is 0.314 e. The molecule has 1 fully saturated rings. The van der Waals surface area contributed by atoms with Crippen LogP contribution in [-0.2, 0) is 0 Å². The van der Waals surface area contributed by atoms with Crippen LogP contribution < -0.4 is 10.6 Å². The van der Waals surface area contributed by atoms with E-state index >= 15 is 0 Å². The summed E-state index contributed by atoms with van der Waals surface area (Å²) in [4.78, 5) is 14.0. The van der Waals surface area contributed by atoms with E-state index in [1.165, 1.54) is 12.8 Å². The van der Waals surface area contributed by atoms with Gasteiger partial charge in [-0.3, -0.25) is 0 Å². The topological polar surface area (TPSA) is 64.6 Å². The molecule has 1 saturated heterocycles. The van der Waals surface area contributed by atoms with Crippen LogP contribution in [0.15, 0.2) is 0 Å². The third-order valence-electron chi connectivity index (χ3n) is 4.53. The smallest absolute Gasteiger partial charge is 0.314 e. The van der Waals surface area contributed by atoms with E-state index in [2.05, 4.69) is 22.6 Å². The zero-order chi connectivity index (χ0) is 15.2. The second kappa shape index (κ2) is 7.84. The minimum absolute atomic E-state index is 0.113. The number of aliphatic hydroxyl groups is 1. The number of hydrogen-bond donors (Lipinski definition) is 3. The Kier molecular flexibility index (Phi) is 6.76. The fourth-order valence-electron chi connectivity index (χ4n) is 2.27. The van der Waals surface area contributed by atoms with Crippen LogP contribution in [0, 0.1) is 11.8 Å². The van der Waals surface area contributed by atoms with E-state index in [1.54, 1.807) is 6.92 Å². The van der Waals surface area contributed by atoms with Gasteiger partial charge >= 0.3 is 6.03 Å². The minimum atomic E-state index is -0.856. The van der Waals surface area contributed by atoms with Gasteiger partial charge in [0, 0.05) is 13.1 Å². The van der Waals surface area contributed by atoms with Gasteiger partial charge in [-0.15, -0.1) is 0 Å². The lowest BCUT2D eigenvalue weighted by Gasteiger charge is -2.29. The molecule has 1 unspecified atom stereocenters. The summed E-state index contributed by atoms with van der Waals surface area (Å²) in [5.74, 6) is 0.840. The molecule has 1 heterocycles. The number of amides is 2. The van der Waals surface area contributed by atoms with Gasteiger partial charge in [-0.1, -0.05) is 13.8 Å². The van der Waals surface area contributed by atoms with Crippen molar-refractivity contribution in [1.82, 2.24) is 15.5 Å². The molecule has 118 valence electrons. The quantitative estimate of drug-likeness (QED) is 0.691. The first-order valence-electron chi connectivity index (χ1n) is 7.74. The molecule has 1 aliphatic rings. The van der Waals surface area contributed by atoms with Crippen LogP contribution in [-0.4, -0.2) is 54.9 Å². The highest BCUT2D eigenvalue weighted by Gasteiger charge is 2.25. The number of likely N-dealkylation sites (tertiary alicyclic amines) is 1. The summed E-state index contributed by atoms with van der Waals surface area (Å²) in [5, 5.41) is 15.7. The number of carbonyl (C=O) groups is 1. The zero-order valence-electron chi connectivity index (χ0n) is 13.4. The molecule has 0 radical (unpaired) electrons. The molecule has 0 aromatic carbocycles. The van der Waals surface area contributed by atoms with Gasteiger partial charge in [0.1, 0.15) is 0 Å². The molecule has 20 heavy (non-hydrogen) atoms. The standard InChI is InChI=1S/C15H31N3O2/c1-12(2)15(3,20)11-17-14(19)16-8-5-13-6-9-18(4)10-7-13/h12-13,20H,5-11H2,1-4H3,(H2,16,17,19). The average molecular weight is 285 g/mol. The van der Waals surface area contributed by atoms with E-state index in [-0.39, 0.29) is 18.5 Å². The molecule has 2 amide bonds. The molecule has 1 atom stereocenters. The second-order valence-electron chi connectivity index (χ2n) is 6.66. The highest BCUT2D eigenvalue weighted by atomic mass is 16.3. The Labute approximate surface area is 123 Å². The number of piperidine rings is 1. The summed E-state index contributed by atoms with van der Waals surface area (Å²) in [5.41, 5.74) is -0.856. The molecule has 3 N–H and O–H groups in total. The lowest BCUT2D eigenvalue weighted by molar-refractivity contribution is 0.0166. The highest BCUT2D eigenvalue weighted by molar-refractivity contribution is 5.73. The van der Waals surface area contributed by atoms with Crippen LogP contribution >= 0.6 is 0 Å². The molecule has 0 aromatic rings. The summed E-state index contributed by atoms with van der Waals surface area (Å²) >= 11 is 0. The van der Waals surface area contributed by atoms with Gasteiger partial charge in [-0.2, -0.15) is 0 Å². The van der Waals surface area contributed by atoms with E-state index in [0.29, 0.717) is 6.54 Å². The summed E-state index contributed by atoms with van der Waals surface area (Å²) in [7, 11) is 2.16. The van der Waals surface area contributed by atoms with Crippen molar-refractivity contribution in [2.45, 2.75) is 45.6 Å². The number of nitrogens with zero attached hydrogens (tertiary/aromatic N) is 1. The zero-order valence-corrected chi connectivity index (χ0v) is 13.4. The Morgan fingerprint density at radius 1 is 1.35 bits per heavy atom. The first-order chi connectivity index (χ1) is 9.31. The van der Waals surface area contributed by atoms with E-state index in [9.17, 15) is 9.90 Å². The van der Waals surface area contributed by atoms with E-state index in [1.807, 2.05) is 13.8 Å². The second-order valence-corrected chi connectivity index (χ2v) is 6.66. The molecule has 0 saturated carbocycles. The van der Waals surface area contributed by atoms with Crippen molar-refractivity contribution in [3.63, 3.8) is 0 Å². The van der Waals surface area contributed by atoms with Gasteiger partial charge in [0.15, 0.2) is 0 Å². The third kappa shape index (κ3) is 6.09. The number of carbonyl (C=O) groups excluding carboxylic acids is 1. The first kappa shape index (κ1) is 17.2. The maximum atomic E-state index is 11.7. The molecule has 0 aliphatic carbocycles. The molecule has 5 heteroatoms. The molecule has 0 spiro atoms. The lowest BCUT2D eigenvalue weighted by atomic mass is 9.93. The predicted molar refractivity (Wildman–Crippen MR) is 81.7 cm³/mol. The summed E-state index contributed by atoms with van der Waals surface area (Å²) in [6.45, 7) is 8.95. The summed E-state index contributed by atoms with van der Waals surface area (Å²) in [6, 6.07) is -0.182. The third-order valence-corrected chi connectivity index (χ3v) is 4.53. The highest BCUT2D eigenvalue weighted by Crippen LogP contribution is 2.18. The molecule has 1 aliphatic heterocycles. The van der Waals surface area contributed by atoms with Crippen LogP contribution in [0.3, 0.4) is 0 Å². The van der Waals surface area contributed by atoms with Crippen molar-refractivity contribution in [3.05, 3.63) is 0 Å². The Hall–Kier alpha value is -0.810. The van der Waals surface area contributed by atoms with Gasteiger partial charge in [0.05, 0.1) is 5.60 Å². The van der Waals surface area contributed by atoms with Crippen LogP contribution in [0.2, 0.25) is 0 Å². The molecule has 1 rings (SSSR count). The van der Waals surface area contributed by atoms with Crippen molar-refractivity contribution in [3.8, 4) is 0 Å². The molecule has 0 aromatic heterocycles. The lowest BCUT2D eigenvalue weighted by Crippen LogP contribution is -2.47. The Morgan fingerprint density at radius 2 is 1.95 bits per heavy atom. The largest absolute Gasteiger partial charge is 0.388 e. The van der Waals surface area contributed by atoms with E-state index < -0.39 is 5.60 Å². The van der Waals surface area contributed by atoms with Crippen LogP contribution in [0.1, 0.15) is 40.0 Å². The number of nitrogens with one attached hydrogen (secondary N) is 2. The molecule has 5 nitrogen and oxygen atoms in total. The van der Waals surface area contributed by atoms with Crippen molar-refractivity contribution in [1.29, 1.82) is 0 Å². The summed E-state index contributed by atoms with van der Waals surface area (Å²) < 4.78 is 0. The van der Waals surface area contributed by atoms with Crippen molar-refractivity contribution < 1.29 is 9.90 Å². The van der Waals surface area contributed by atoms with E-state index in [0.717, 1.165) is 25.4 Å². The number of hydrogen-bond acceptors (Lipinski definition) is 3. The monoisotopic (exact) mass is 285 g/mol. The summed E-state index contributed by atoms with van der Waals surface area (Å²) in [6.07, 6.45) is 3.49. The van der Waals surface area contributed by atoms with Crippen molar-refractivity contribution in [2.75, 3.05) is 33.2 Å². The fourth-order valence-corrected chi connectivity index (χ4v) is 2.27. The van der Waals surface area contributed by atoms with Crippen LogP contribution in [0.5, 0.6) is 0 Å². The minimum Gasteiger partial charge on any atom is -0.388 e. The molecular weight excluding hydrogens is 254 g/mol. The Bertz CT molecular complexity index is 297. The van der Waals surface area contributed by atoms with E-state index in [4.69, 9.17) is 0 Å². The first-order valence-corrected chi connectivity index (χ1v) is 7.74. The van der Waals surface area contributed by atoms with Gasteiger partial charge in [0.2, 0.25) is 0 Å². The number of rotatable bonds is 6. The van der Waals surface area contributed by atoms with Gasteiger partial charge in [-0.25, -0.2) is 4.79 Å². The van der Waals surface area contributed by atoms with Crippen molar-refractivity contribution >= 4 is 6.03 Å². The Balaban J connectivity index is 2.11. The predicted octanol–water partition coefficient (Wildman–Crippen LogP) is 1.42. The van der Waals surface area contributed by atoms with Crippen LogP contribution in [0.25, 0.3) is 0 Å². The van der Waals surface area contributed by atoms with Gasteiger partial charge in [0.25, 0.3) is 0 Å². The molecule has 0 bridgehead atoms. The van der Waals surface area contributed by atoms with Crippen molar-refractivity contribution in [2.24, 2.45) is 11.8 Å². The number of urea groups is 1. The Morgan fingerprint density at radius 3 is 2.50 bits per heavy atom. The SMILES string of the molecule is CC(C)C(C)(O)CNC(=O)NCCC1CCN(C)CC1. The van der Waals surface area contributed by atoms with Gasteiger partial charge < -0.3 is 20.6 Å². The normalized spacial score (nSPS) is 20.7. The fraction of sp³-hybridized carbons (Fsp3) is 0.933. The molecular formula is C15H31N3O2. The van der Waals surface area contributed by atoms with Gasteiger partial charge in [-0.05, 0) is 58.2 Å². The average Bonchev–Trinajstić information content (AvgIpc) is 2.39.